The number of carbonyl (C=O) groups excluding carboxylic acids is 2. The molecule has 2 aromatic rings. The van der Waals surface area contributed by atoms with E-state index in [1.165, 1.54) is 29.6 Å². The molecule has 33 heavy (non-hydrogen) atoms. The van der Waals surface area contributed by atoms with E-state index in [1.54, 1.807) is 24.3 Å². The van der Waals surface area contributed by atoms with Crippen molar-refractivity contribution in [2.75, 3.05) is 25.5 Å². The molecule has 1 saturated heterocycles. The van der Waals surface area contributed by atoms with Gasteiger partial charge < -0.3 is 15.4 Å². The monoisotopic (exact) mass is 471 g/mol. The van der Waals surface area contributed by atoms with E-state index in [0.717, 1.165) is 38.5 Å². The maximum absolute atomic E-state index is 13.2. The van der Waals surface area contributed by atoms with Gasteiger partial charge in [0.2, 0.25) is 10.0 Å². The second-order valence-corrected chi connectivity index (χ2v) is 10.4. The fourth-order valence-electron chi connectivity index (χ4n) is 3.89. The van der Waals surface area contributed by atoms with Crippen molar-refractivity contribution >= 4 is 27.5 Å². The third-order valence-corrected chi connectivity index (χ3v) is 7.81. The second-order valence-electron chi connectivity index (χ2n) is 8.46. The highest BCUT2D eigenvalue weighted by Gasteiger charge is 2.27. The van der Waals surface area contributed by atoms with Crippen molar-refractivity contribution in [1.29, 1.82) is 0 Å². The Morgan fingerprint density at radius 1 is 0.970 bits per heavy atom. The van der Waals surface area contributed by atoms with Gasteiger partial charge >= 0.3 is 0 Å². The van der Waals surface area contributed by atoms with Gasteiger partial charge in [-0.1, -0.05) is 18.9 Å². The molecule has 1 saturated carbocycles. The number of anilines is 1. The number of nitrogens with one attached hydrogen (secondary N) is 2. The third kappa shape index (κ3) is 5.54. The summed E-state index contributed by atoms with van der Waals surface area (Å²) in [4.78, 5) is 25.5. The predicted molar refractivity (Wildman–Crippen MR) is 125 cm³/mol. The summed E-state index contributed by atoms with van der Waals surface area (Å²) in [5, 5.41) is 5.68. The standard InChI is InChI=1S/C24H29N3O5S/c1-32-22-12-11-20(33(30,31)27-13-4-2-3-5-14-27)16-21(22)24(29)26-19-8-6-7-17(15-19)23(28)25-18-9-10-18/h6-8,11-12,15-16,18H,2-5,9-10,13-14H2,1H3,(H,25,28)(H,26,29). The van der Waals surface area contributed by atoms with Crippen LogP contribution in [0.15, 0.2) is 47.4 Å². The molecule has 1 aliphatic heterocycles. The minimum Gasteiger partial charge on any atom is -0.496 e. The summed E-state index contributed by atoms with van der Waals surface area (Å²) < 4.78 is 33.2. The van der Waals surface area contributed by atoms with E-state index in [9.17, 15) is 18.0 Å². The van der Waals surface area contributed by atoms with Gasteiger partial charge in [-0.3, -0.25) is 9.59 Å². The summed E-state index contributed by atoms with van der Waals surface area (Å²) in [6.45, 7) is 0.956. The van der Waals surface area contributed by atoms with Gasteiger partial charge in [0.25, 0.3) is 11.8 Å². The molecule has 0 bridgehead atoms. The minimum atomic E-state index is -3.72. The molecule has 2 N–H and O–H groups in total. The zero-order chi connectivity index (χ0) is 23.4. The lowest BCUT2D eigenvalue weighted by Gasteiger charge is -2.20. The zero-order valence-electron chi connectivity index (χ0n) is 18.7. The molecule has 0 atom stereocenters. The maximum Gasteiger partial charge on any atom is 0.259 e. The van der Waals surface area contributed by atoms with E-state index in [2.05, 4.69) is 10.6 Å². The number of sulfonamides is 1. The van der Waals surface area contributed by atoms with Crippen molar-refractivity contribution in [3.63, 3.8) is 0 Å². The van der Waals surface area contributed by atoms with E-state index in [0.29, 0.717) is 24.3 Å². The highest BCUT2D eigenvalue weighted by molar-refractivity contribution is 7.89. The Morgan fingerprint density at radius 3 is 2.36 bits per heavy atom. The number of hydrogen-bond acceptors (Lipinski definition) is 5. The second kappa shape index (κ2) is 9.93. The van der Waals surface area contributed by atoms with E-state index in [1.807, 2.05) is 0 Å². The Morgan fingerprint density at radius 2 is 1.70 bits per heavy atom. The van der Waals surface area contributed by atoms with Gasteiger partial charge in [0.05, 0.1) is 17.6 Å². The highest BCUT2D eigenvalue weighted by atomic mass is 32.2. The molecule has 4 rings (SSSR count). The van der Waals surface area contributed by atoms with Crippen LogP contribution in [0.5, 0.6) is 5.75 Å². The van der Waals surface area contributed by atoms with Crippen LogP contribution < -0.4 is 15.4 Å². The first-order valence-corrected chi connectivity index (χ1v) is 12.7. The highest BCUT2D eigenvalue weighted by Crippen LogP contribution is 2.27. The first kappa shape index (κ1) is 23.3. The molecule has 0 aromatic heterocycles. The summed E-state index contributed by atoms with van der Waals surface area (Å²) in [5.74, 6) is -0.429. The van der Waals surface area contributed by atoms with Gasteiger partial charge in [0.1, 0.15) is 5.75 Å². The van der Waals surface area contributed by atoms with Crippen LogP contribution in [0.2, 0.25) is 0 Å². The van der Waals surface area contributed by atoms with Crippen LogP contribution in [0, 0.1) is 0 Å². The van der Waals surface area contributed by atoms with Crippen LogP contribution in [0.1, 0.15) is 59.2 Å². The van der Waals surface area contributed by atoms with Crippen molar-refractivity contribution < 1.29 is 22.7 Å². The Hall–Kier alpha value is -2.91. The van der Waals surface area contributed by atoms with Crippen molar-refractivity contribution in [2.24, 2.45) is 0 Å². The summed E-state index contributed by atoms with van der Waals surface area (Å²) in [6.07, 6.45) is 5.65. The van der Waals surface area contributed by atoms with Crippen LogP contribution >= 0.6 is 0 Å². The molecular weight excluding hydrogens is 442 g/mol. The fraction of sp³-hybridized carbons (Fsp3) is 0.417. The third-order valence-electron chi connectivity index (χ3n) is 5.91. The van der Waals surface area contributed by atoms with Gasteiger partial charge in [-0.05, 0) is 62.1 Å². The van der Waals surface area contributed by atoms with E-state index in [-0.39, 0.29) is 28.2 Å². The Balaban J connectivity index is 1.56. The van der Waals surface area contributed by atoms with Crippen molar-refractivity contribution in [3.8, 4) is 5.75 Å². The number of nitrogens with zero attached hydrogens (tertiary/aromatic N) is 1. The largest absolute Gasteiger partial charge is 0.496 e. The summed E-state index contributed by atoms with van der Waals surface area (Å²) in [7, 11) is -2.29. The number of ether oxygens (including phenoxy) is 1. The fourth-order valence-corrected chi connectivity index (χ4v) is 5.43. The Kier molecular flexibility index (Phi) is 6.99. The van der Waals surface area contributed by atoms with Crippen LogP contribution in [-0.2, 0) is 10.0 Å². The number of benzene rings is 2. The van der Waals surface area contributed by atoms with Crippen LogP contribution in [0.4, 0.5) is 5.69 Å². The molecule has 0 unspecified atom stereocenters. The zero-order valence-corrected chi connectivity index (χ0v) is 19.5. The lowest BCUT2D eigenvalue weighted by atomic mass is 10.1. The topological polar surface area (TPSA) is 105 Å². The average molecular weight is 472 g/mol. The van der Waals surface area contributed by atoms with Gasteiger partial charge in [0, 0.05) is 30.4 Å². The molecular formula is C24H29N3O5S. The van der Waals surface area contributed by atoms with E-state index >= 15 is 0 Å². The summed E-state index contributed by atoms with van der Waals surface area (Å²) in [6, 6.07) is 11.2. The van der Waals surface area contributed by atoms with E-state index < -0.39 is 15.9 Å². The number of methoxy groups -OCH3 is 1. The minimum absolute atomic E-state index is 0.0629. The van der Waals surface area contributed by atoms with Crippen molar-refractivity contribution in [2.45, 2.75) is 49.5 Å². The van der Waals surface area contributed by atoms with Crippen LogP contribution in [0.3, 0.4) is 0 Å². The lowest BCUT2D eigenvalue weighted by molar-refractivity contribution is 0.0949. The number of hydrogen-bond donors (Lipinski definition) is 2. The van der Waals surface area contributed by atoms with Crippen molar-refractivity contribution in [3.05, 3.63) is 53.6 Å². The van der Waals surface area contributed by atoms with Gasteiger partial charge in [0.15, 0.2) is 0 Å². The Labute approximate surface area is 194 Å². The SMILES string of the molecule is COc1ccc(S(=O)(=O)N2CCCCCC2)cc1C(=O)Nc1cccc(C(=O)NC2CC2)c1. The van der Waals surface area contributed by atoms with Crippen LogP contribution in [-0.4, -0.2) is 50.8 Å². The molecule has 0 radical (unpaired) electrons. The molecule has 8 nitrogen and oxygen atoms in total. The summed E-state index contributed by atoms with van der Waals surface area (Å²) >= 11 is 0. The molecule has 2 fully saturated rings. The van der Waals surface area contributed by atoms with Crippen LogP contribution in [0.25, 0.3) is 0 Å². The molecule has 176 valence electrons. The lowest BCUT2D eigenvalue weighted by Crippen LogP contribution is -2.32. The molecule has 2 aliphatic rings. The molecule has 9 heteroatoms. The van der Waals surface area contributed by atoms with Crippen molar-refractivity contribution in [1.82, 2.24) is 9.62 Å². The number of amides is 2. The quantitative estimate of drug-likeness (QED) is 0.644. The maximum atomic E-state index is 13.2. The van der Waals surface area contributed by atoms with E-state index in [4.69, 9.17) is 4.74 Å². The van der Waals surface area contributed by atoms with Gasteiger partial charge in [-0.25, -0.2) is 8.42 Å². The average Bonchev–Trinajstić information content (AvgIpc) is 3.65. The van der Waals surface area contributed by atoms with Gasteiger partial charge in [-0.2, -0.15) is 4.31 Å². The first-order chi connectivity index (χ1) is 15.9. The molecule has 0 spiro atoms. The molecule has 2 aromatic carbocycles. The predicted octanol–water partition coefficient (Wildman–Crippen LogP) is 3.40. The molecule has 2 amide bonds. The number of rotatable bonds is 7. The Bertz CT molecular complexity index is 1140. The molecule has 1 heterocycles. The first-order valence-electron chi connectivity index (χ1n) is 11.3. The summed E-state index contributed by atoms with van der Waals surface area (Å²) in [5.41, 5.74) is 0.997. The number of carbonyl (C=O) groups is 2. The normalized spacial score (nSPS) is 17.1. The molecule has 1 aliphatic carbocycles. The van der Waals surface area contributed by atoms with Gasteiger partial charge in [-0.15, -0.1) is 0 Å². The smallest absolute Gasteiger partial charge is 0.259 e.